The zero-order valence-corrected chi connectivity index (χ0v) is 13.6. The molecular formula is C15H22BrNO2. The summed E-state index contributed by atoms with van der Waals surface area (Å²) in [5.74, 6) is 1.23. The van der Waals surface area contributed by atoms with Gasteiger partial charge in [0, 0.05) is 7.05 Å². The standard InChI is InChI=1S/C15H22BrNO2/c1-11(2)14(16)15(18)17(4)8-9-19-13-7-5-6-12(3)10-13/h5-7,10-11,14H,8-9H2,1-4H3. The zero-order valence-electron chi connectivity index (χ0n) is 12.0. The minimum Gasteiger partial charge on any atom is -0.492 e. The smallest absolute Gasteiger partial charge is 0.236 e. The van der Waals surface area contributed by atoms with E-state index in [1.54, 1.807) is 11.9 Å². The van der Waals surface area contributed by atoms with Gasteiger partial charge >= 0.3 is 0 Å². The highest BCUT2D eigenvalue weighted by molar-refractivity contribution is 9.10. The van der Waals surface area contributed by atoms with Crippen molar-refractivity contribution in [2.24, 2.45) is 5.92 Å². The predicted octanol–water partition coefficient (Wildman–Crippen LogP) is 3.25. The highest BCUT2D eigenvalue weighted by Crippen LogP contribution is 2.15. The molecule has 1 rings (SSSR count). The van der Waals surface area contributed by atoms with Crippen LogP contribution in [0.15, 0.2) is 24.3 Å². The van der Waals surface area contributed by atoms with Gasteiger partial charge in [0.2, 0.25) is 5.91 Å². The summed E-state index contributed by atoms with van der Waals surface area (Å²) in [4.78, 5) is 13.6. The molecule has 0 aliphatic rings. The van der Waals surface area contributed by atoms with Crippen molar-refractivity contribution in [3.05, 3.63) is 29.8 Å². The maximum atomic E-state index is 12.0. The Morgan fingerprint density at radius 1 is 1.42 bits per heavy atom. The van der Waals surface area contributed by atoms with E-state index in [1.165, 1.54) is 5.56 Å². The highest BCUT2D eigenvalue weighted by atomic mass is 79.9. The van der Waals surface area contributed by atoms with Crippen molar-refractivity contribution < 1.29 is 9.53 Å². The Hall–Kier alpha value is -1.03. The van der Waals surface area contributed by atoms with Crippen molar-refractivity contribution >= 4 is 21.8 Å². The first kappa shape index (κ1) is 16.0. The summed E-state index contributed by atoms with van der Waals surface area (Å²) in [6, 6.07) is 7.91. The van der Waals surface area contributed by atoms with Gasteiger partial charge in [0.05, 0.1) is 11.4 Å². The van der Waals surface area contributed by atoms with Crippen LogP contribution in [0.1, 0.15) is 19.4 Å². The molecule has 0 N–H and O–H groups in total. The SMILES string of the molecule is Cc1cccc(OCCN(C)C(=O)C(Br)C(C)C)c1. The third kappa shape index (κ3) is 5.23. The number of amides is 1. The molecule has 0 spiro atoms. The zero-order chi connectivity index (χ0) is 14.4. The van der Waals surface area contributed by atoms with Crippen LogP contribution in [0.2, 0.25) is 0 Å². The van der Waals surface area contributed by atoms with Crippen molar-refractivity contribution in [3.8, 4) is 5.75 Å². The molecule has 0 heterocycles. The number of carbonyl (C=O) groups excluding carboxylic acids is 1. The molecule has 1 unspecified atom stereocenters. The molecule has 1 atom stereocenters. The fourth-order valence-corrected chi connectivity index (χ4v) is 1.96. The fourth-order valence-electron chi connectivity index (χ4n) is 1.61. The topological polar surface area (TPSA) is 29.5 Å². The molecule has 1 aromatic rings. The first-order chi connectivity index (χ1) is 8.91. The van der Waals surface area contributed by atoms with Crippen LogP contribution in [0.25, 0.3) is 0 Å². The van der Waals surface area contributed by atoms with Gasteiger partial charge in [-0.1, -0.05) is 41.9 Å². The Bertz CT molecular complexity index is 420. The largest absolute Gasteiger partial charge is 0.492 e. The van der Waals surface area contributed by atoms with Crippen molar-refractivity contribution in [2.45, 2.75) is 25.6 Å². The Labute approximate surface area is 124 Å². The summed E-state index contributed by atoms with van der Waals surface area (Å²) >= 11 is 3.42. The fraction of sp³-hybridized carbons (Fsp3) is 0.533. The van der Waals surface area contributed by atoms with Gasteiger partial charge in [0.15, 0.2) is 0 Å². The van der Waals surface area contributed by atoms with Gasteiger partial charge in [0.1, 0.15) is 12.4 Å². The molecule has 0 radical (unpaired) electrons. The molecule has 0 aliphatic heterocycles. The second kappa shape index (κ2) is 7.53. The van der Waals surface area contributed by atoms with Gasteiger partial charge in [-0.2, -0.15) is 0 Å². The minimum atomic E-state index is -0.128. The lowest BCUT2D eigenvalue weighted by atomic mass is 10.1. The number of ether oxygens (including phenoxy) is 1. The van der Waals surface area contributed by atoms with E-state index in [9.17, 15) is 4.79 Å². The molecule has 0 fully saturated rings. The normalized spacial score (nSPS) is 12.3. The molecule has 19 heavy (non-hydrogen) atoms. The molecule has 0 saturated heterocycles. The number of aryl methyl sites for hydroxylation is 1. The average Bonchev–Trinajstić information content (AvgIpc) is 2.36. The highest BCUT2D eigenvalue weighted by Gasteiger charge is 2.21. The summed E-state index contributed by atoms with van der Waals surface area (Å²) in [6.07, 6.45) is 0. The number of alkyl halides is 1. The van der Waals surface area contributed by atoms with E-state index < -0.39 is 0 Å². The van der Waals surface area contributed by atoms with Crippen LogP contribution < -0.4 is 4.74 Å². The van der Waals surface area contributed by atoms with E-state index in [0.717, 1.165) is 5.75 Å². The average molecular weight is 328 g/mol. The molecule has 0 aliphatic carbocycles. The van der Waals surface area contributed by atoms with Crippen LogP contribution in [-0.4, -0.2) is 35.8 Å². The van der Waals surface area contributed by atoms with Crippen LogP contribution in [0, 0.1) is 12.8 Å². The molecule has 1 amide bonds. The maximum absolute atomic E-state index is 12.0. The van der Waals surface area contributed by atoms with Gasteiger partial charge in [0.25, 0.3) is 0 Å². The summed E-state index contributed by atoms with van der Waals surface area (Å²) in [5.41, 5.74) is 1.17. The summed E-state index contributed by atoms with van der Waals surface area (Å²) in [5, 5.41) is 0. The monoisotopic (exact) mass is 327 g/mol. The second-order valence-corrected chi connectivity index (χ2v) is 6.06. The van der Waals surface area contributed by atoms with Crippen LogP contribution in [0.5, 0.6) is 5.75 Å². The number of benzene rings is 1. The Balaban J connectivity index is 2.38. The van der Waals surface area contributed by atoms with E-state index in [2.05, 4.69) is 15.9 Å². The van der Waals surface area contributed by atoms with Gasteiger partial charge in [-0.25, -0.2) is 0 Å². The quantitative estimate of drug-likeness (QED) is 0.750. The lowest BCUT2D eigenvalue weighted by Gasteiger charge is -2.22. The molecule has 3 nitrogen and oxygen atoms in total. The van der Waals surface area contributed by atoms with E-state index in [0.29, 0.717) is 13.2 Å². The lowest BCUT2D eigenvalue weighted by molar-refractivity contribution is -0.130. The molecule has 0 saturated carbocycles. The van der Waals surface area contributed by atoms with Gasteiger partial charge in [-0.3, -0.25) is 4.79 Å². The van der Waals surface area contributed by atoms with Gasteiger partial charge < -0.3 is 9.64 Å². The number of rotatable bonds is 6. The molecule has 4 heteroatoms. The van der Waals surface area contributed by atoms with Crippen molar-refractivity contribution in [1.29, 1.82) is 0 Å². The Morgan fingerprint density at radius 3 is 2.68 bits per heavy atom. The van der Waals surface area contributed by atoms with E-state index >= 15 is 0 Å². The van der Waals surface area contributed by atoms with E-state index in [1.807, 2.05) is 45.0 Å². The first-order valence-electron chi connectivity index (χ1n) is 6.50. The lowest BCUT2D eigenvalue weighted by Crippen LogP contribution is -2.38. The van der Waals surface area contributed by atoms with E-state index in [-0.39, 0.29) is 16.7 Å². The summed E-state index contributed by atoms with van der Waals surface area (Å²) in [6.45, 7) is 7.16. The number of nitrogens with zero attached hydrogens (tertiary/aromatic N) is 1. The second-order valence-electron chi connectivity index (χ2n) is 5.07. The third-order valence-corrected chi connectivity index (χ3v) is 4.33. The number of hydrogen-bond donors (Lipinski definition) is 0. The van der Waals surface area contributed by atoms with E-state index in [4.69, 9.17) is 4.74 Å². The van der Waals surface area contributed by atoms with Crippen LogP contribution in [-0.2, 0) is 4.79 Å². The molecule has 0 bridgehead atoms. The Kier molecular flexibility index (Phi) is 6.35. The maximum Gasteiger partial charge on any atom is 0.236 e. The van der Waals surface area contributed by atoms with Crippen LogP contribution >= 0.6 is 15.9 Å². The first-order valence-corrected chi connectivity index (χ1v) is 7.42. The summed E-state index contributed by atoms with van der Waals surface area (Å²) < 4.78 is 5.64. The predicted molar refractivity (Wildman–Crippen MR) is 81.9 cm³/mol. The number of hydrogen-bond acceptors (Lipinski definition) is 2. The number of halogens is 1. The van der Waals surface area contributed by atoms with Gasteiger partial charge in [-0.05, 0) is 30.5 Å². The van der Waals surface area contributed by atoms with Crippen molar-refractivity contribution in [2.75, 3.05) is 20.2 Å². The molecular weight excluding hydrogens is 306 g/mol. The van der Waals surface area contributed by atoms with Gasteiger partial charge in [-0.15, -0.1) is 0 Å². The summed E-state index contributed by atoms with van der Waals surface area (Å²) in [7, 11) is 1.80. The molecule has 0 aromatic heterocycles. The van der Waals surface area contributed by atoms with Crippen molar-refractivity contribution in [1.82, 2.24) is 4.90 Å². The third-order valence-electron chi connectivity index (χ3n) is 2.88. The molecule has 1 aromatic carbocycles. The number of carbonyl (C=O) groups is 1. The number of likely N-dealkylation sites (N-methyl/N-ethyl adjacent to an activating group) is 1. The Morgan fingerprint density at radius 2 is 2.11 bits per heavy atom. The molecule has 106 valence electrons. The van der Waals surface area contributed by atoms with Crippen LogP contribution in [0.3, 0.4) is 0 Å². The van der Waals surface area contributed by atoms with Crippen LogP contribution in [0.4, 0.5) is 0 Å². The van der Waals surface area contributed by atoms with Crippen molar-refractivity contribution in [3.63, 3.8) is 0 Å². The minimum absolute atomic E-state index is 0.0999.